The van der Waals surface area contributed by atoms with Crippen molar-refractivity contribution in [2.24, 2.45) is 0 Å². The van der Waals surface area contributed by atoms with Gasteiger partial charge in [0.1, 0.15) is 0 Å². The second-order valence-electron chi connectivity index (χ2n) is 4.20. The summed E-state index contributed by atoms with van der Waals surface area (Å²) >= 11 is 3.41. The van der Waals surface area contributed by atoms with E-state index < -0.39 is 6.10 Å². The van der Waals surface area contributed by atoms with Gasteiger partial charge in [-0.15, -0.1) is 0 Å². The van der Waals surface area contributed by atoms with Gasteiger partial charge in [-0.2, -0.15) is 0 Å². The third-order valence-electron chi connectivity index (χ3n) is 2.31. The van der Waals surface area contributed by atoms with Crippen molar-refractivity contribution < 1.29 is 9.84 Å². The predicted octanol–water partition coefficient (Wildman–Crippen LogP) is 1.47. The lowest BCUT2D eigenvalue weighted by Crippen LogP contribution is -2.31. The smallest absolute Gasteiger partial charge is 0.0900 e. The van der Waals surface area contributed by atoms with Gasteiger partial charge in [-0.05, 0) is 30.8 Å². The zero-order valence-corrected chi connectivity index (χ0v) is 11.8. The van der Waals surface area contributed by atoms with Crippen LogP contribution < -0.4 is 5.73 Å². The fourth-order valence-electron chi connectivity index (χ4n) is 1.75. The molecule has 0 heterocycles. The summed E-state index contributed by atoms with van der Waals surface area (Å²) in [6.07, 6.45) is -0.463. The molecule has 0 saturated carbocycles. The molecular weight excluding hydrogens is 284 g/mol. The molecule has 1 aromatic carbocycles. The van der Waals surface area contributed by atoms with Gasteiger partial charge in [0.2, 0.25) is 0 Å². The SMILES string of the molecule is COCC(O)CN(C)Cc1cc(N)cc(Br)c1. The molecule has 0 amide bonds. The third kappa shape index (κ3) is 5.50. The van der Waals surface area contributed by atoms with Crippen LogP contribution in [0.1, 0.15) is 5.56 Å². The van der Waals surface area contributed by atoms with Crippen molar-refractivity contribution in [2.75, 3.05) is 33.0 Å². The van der Waals surface area contributed by atoms with Gasteiger partial charge in [-0.1, -0.05) is 15.9 Å². The minimum atomic E-state index is -0.463. The van der Waals surface area contributed by atoms with Crippen LogP contribution in [0.25, 0.3) is 0 Å². The summed E-state index contributed by atoms with van der Waals surface area (Å²) in [5.41, 5.74) is 7.62. The van der Waals surface area contributed by atoms with E-state index in [4.69, 9.17) is 10.5 Å². The zero-order chi connectivity index (χ0) is 12.8. The molecule has 0 fully saturated rings. The molecule has 5 heteroatoms. The van der Waals surface area contributed by atoms with Gasteiger partial charge in [0, 0.05) is 30.4 Å². The molecule has 17 heavy (non-hydrogen) atoms. The molecule has 0 aliphatic heterocycles. The van der Waals surface area contributed by atoms with Crippen molar-refractivity contribution in [1.29, 1.82) is 0 Å². The van der Waals surface area contributed by atoms with Crippen LogP contribution in [0.3, 0.4) is 0 Å². The van der Waals surface area contributed by atoms with Crippen LogP contribution in [0.2, 0.25) is 0 Å². The quantitative estimate of drug-likeness (QED) is 0.781. The van der Waals surface area contributed by atoms with Crippen molar-refractivity contribution in [3.05, 3.63) is 28.2 Å². The molecule has 1 atom stereocenters. The topological polar surface area (TPSA) is 58.7 Å². The molecule has 0 radical (unpaired) electrons. The second kappa shape index (κ2) is 6.96. The largest absolute Gasteiger partial charge is 0.399 e. The summed E-state index contributed by atoms with van der Waals surface area (Å²) in [5.74, 6) is 0. The molecular formula is C12H19BrN2O2. The summed E-state index contributed by atoms with van der Waals surface area (Å²) in [4.78, 5) is 2.03. The van der Waals surface area contributed by atoms with Gasteiger partial charge < -0.3 is 15.6 Å². The number of methoxy groups -OCH3 is 1. The maximum Gasteiger partial charge on any atom is 0.0900 e. The Labute approximate surface area is 110 Å². The highest BCUT2D eigenvalue weighted by Crippen LogP contribution is 2.18. The average Bonchev–Trinajstić information content (AvgIpc) is 2.14. The number of aliphatic hydroxyl groups excluding tert-OH is 1. The number of hydrogen-bond acceptors (Lipinski definition) is 4. The molecule has 0 aromatic heterocycles. The van der Waals surface area contributed by atoms with E-state index in [1.54, 1.807) is 7.11 Å². The van der Waals surface area contributed by atoms with E-state index >= 15 is 0 Å². The summed E-state index contributed by atoms with van der Waals surface area (Å²) in [6.45, 7) is 1.66. The minimum Gasteiger partial charge on any atom is -0.399 e. The van der Waals surface area contributed by atoms with Crippen molar-refractivity contribution >= 4 is 21.6 Å². The molecule has 0 bridgehead atoms. The highest BCUT2D eigenvalue weighted by atomic mass is 79.9. The summed E-state index contributed by atoms with van der Waals surface area (Å²) in [6, 6.07) is 5.82. The van der Waals surface area contributed by atoms with Crippen LogP contribution in [0.15, 0.2) is 22.7 Å². The molecule has 0 aliphatic carbocycles. The first kappa shape index (κ1) is 14.4. The molecule has 4 nitrogen and oxygen atoms in total. The monoisotopic (exact) mass is 302 g/mol. The Balaban J connectivity index is 2.52. The number of benzene rings is 1. The minimum absolute atomic E-state index is 0.352. The number of nitrogen functional groups attached to an aromatic ring is 1. The van der Waals surface area contributed by atoms with Crippen LogP contribution in [0.5, 0.6) is 0 Å². The molecule has 3 N–H and O–H groups in total. The number of nitrogens with zero attached hydrogens (tertiary/aromatic N) is 1. The molecule has 1 aromatic rings. The number of hydrogen-bond donors (Lipinski definition) is 2. The van der Waals surface area contributed by atoms with Crippen LogP contribution in [-0.2, 0) is 11.3 Å². The molecule has 96 valence electrons. The van der Waals surface area contributed by atoms with Gasteiger partial charge in [-0.3, -0.25) is 4.90 Å². The fraction of sp³-hybridized carbons (Fsp3) is 0.500. The van der Waals surface area contributed by atoms with E-state index in [2.05, 4.69) is 15.9 Å². The summed E-state index contributed by atoms with van der Waals surface area (Å²) < 4.78 is 5.86. The molecule has 0 spiro atoms. The second-order valence-corrected chi connectivity index (χ2v) is 5.11. The first-order valence-corrected chi connectivity index (χ1v) is 6.21. The first-order chi connectivity index (χ1) is 8.01. The Morgan fingerprint density at radius 2 is 2.18 bits per heavy atom. The molecule has 0 saturated heterocycles. The molecule has 1 rings (SSSR count). The highest BCUT2D eigenvalue weighted by molar-refractivity contribution is 9.10. The van der Waals surface area contributed by atoms with Crippen LogP contribution in [0.4, 0.5) is 5.69 Å². The maximum absolute atomic E-state index is 9.61. The van der Waals surface area contributed by atoms with E-state index in [1.807, 2.05) is 30.1 Å². The third-order valence-corrected chi connectivity index (χ3v) is 2.77. The van der Waals surface area contributed by atoms with Gasteiger partial charge >= 0.3 is 0 Å². The number of halogens is 1. The van der Waals surface area contributed by atoms with Crippen molar-refractivity contribution in [1.82, 2.24) is 4.90 Å². The predicted molar refractivity (Wildman–Crippen MR) is 72.8 cm³/mol. The van der Waals surface area contributed by atoms with Crippen molar-refractivity contribution in [3.8, 4) is 0 Å². The average molecular weight is 303 g/mol. The van der Waals surface area contributed by atoms with Crippen LogP contribution >= 0.6 is 15.9 Å². The maximum atomic E-state index is 9.61. The number of likely N-dealkylation sites (N-methyl/N-ethyl adjacent to an activating group) is 1. The number of aliphatic hydroxyl groups is 1. The Hall–Kier alpha value is -0.620. The Kier molecular flexibility index (Phi) is 5.91. The van der Waals surface area contributed by atoms with Crippen molar-refractivity contribution in [2.45, 2.75) is 12.6 Å². The van der Waals surface area contributed by atoms with Crippen molar-refractivity contribution in [3.63, 3.8) is 0 Å². The Morgan fingerprint density at radius 3 is 2.76 bits per heavy atom. The number of nitrogens with two attached hydrogens (primary N) is 1. The van der Waals surface area contributed by atoms with Gasteiger partial charge in [0.05, 0.1) is 12.7 Å². The van der Waals surface area contributed by atoms with E-state index in [-0.39, 0.29) is 0 Å². The van der Waals surface area contributed by atoms with Crippen LogP contribution in [0, 0.1) is 0 Å². The van der Waals surface area contributed by atoms with Gasteiger partial charge in [-0.25, -0.2) is 0 Å². The highest BCUT2D eigenvalue weighted by Gasteiger charge is 2.08. The molecule has 0 aliphatic rings. The Morgan fingerprint density at radius 1 is 1.47 bits per heavy atom. The van der Waals surface area contributed by atoms with Crippen LogP contribution in [-0.4, -0.2) is 43.4 Å². The van der Waals surface area contributed by atoms with Gasteiger partial charge in [0.25, 0.3) is 0 Å². The van der Waals surface area contributed by atoms with E-state index in [9.17, 15) is 5.11 Å². The summed E-state index contributed by atoms with van der Waals surface area (Å²) in [5, 5.41) is 9.61. The fourth-order valence-corrected chi connectivity index (χ4v) is 2.31. The number of anilines is 1. The van der Waals surface area contributed by atoms with E-state index in [0.717, 1.165) is 22.3 Å². The standard InChI is InChI=1S/C12H19BrN2O2/c1-15(7-12(16)8-17-2)6-9-3-10(13)5-11(14)4-9/h3-5,12,16H,6-8,14H2,1-2H3. The van der Waals surface area contributed by atoms with E-state index in [1.165, 1.54) is 0 Å². The summed E-state index contributed by atoms with van der Waals surface area (Å²) in [7, 11) is 3.54. The number of rotatable bonds is 6. The Bertz CT molecular complexity index is 340. The number of ether oxygens (including phenoxy) is 1. The van der Waals surface area contributed by atoms with E-state index in [0.29, 0.717) is 13.2 Å². The lowest BCUT2D eigenvalue weighted by atomic mass is 10.2. The zero-order valence-electron chi connectivity index (χ0n) is 10.2. The lowest BCUT2D eigenvalue weighted by molar-refractivity contribution is 0.0419. The first-order valence-electron chi connectivity index (χ1n) is 5.41. The normalized spacial score (nSPS) is 13.0. The lowest BCUT2D eigenvalue weighted by Gasteiger charge is -2.20. The van der Waals surface area contributed by atoms with Gasteiger partial charge in [0.15, 0.2) is 0 Å². The molecule has 1 unspecified atom stereocenters.